The normalized spacial score (nSPS) is 15.8. The Balaban J connectivity index is 2.10. The van der Waals surface area contributed by atoms with Gasteiger partial charge in [0.25, 0.3) is 0 Å². The van der Waals surface area contributed by atoms with E-state index >= 15 is 0 Å². The first kappa shape index (κ1) is 19.9. The highest BCUT2D eigenvalue weighted by atomic mass is 32.2. The van der Waals surface area contributed by atoms with Crippen LogP contribution in [0.1, 0.15) is 26.3 Å². The third-order valence-electron chi connectivity index (χ3n) is 4.34. The summed E-state index contributed by atoms with van der Waals surface area (Å²) in [4.78, 5) is 14.4. The molecule has 0 saturated carbocycles. The molecule has 0 unspecified atom stereocenters. The first-order valence-electron chi connectivity index (χ1n) is 8.92. The Hall–Kier alpha value is -1.44. The number of carbonyl (C=O) groups is 1. The van der Waals surface area contributed by atoms with E-state index < -0.39 is 10.0 Å². The van der Waals surface area contributed by atoms with Gasteiger partial charge in [-0.05, 0) is 30.0 Å². The highest BCUT2D eigenvalue weighted by molar-refractivity contribution is 7.89. The lowest BCUT2D eigenvalue weighted by Crippen LogP contribution is -2.50. The highest BCUT2D eigenvalue weighted by Gasteiger charge is 2.27. The molecule has 0 aliphatic carbocycles. The van der Waals surface area contributed by atoms with Gasteiger partial charge in [0.1, 0.15) is 0 Å². The van der Waals surface area contributed by atoms with Gasteiger partial charge < -0.3 is 10.2 Å². The van der Waals surface area contributed by atoms with E-state index in [9.17, 15) is 13.2 Å². The van der Waals surface area contributed by atoms with E-state index in [0.717, 1.165) is 25.1 Å². The maximum Gasteiger partial charge on any atom is 0.243 e. The largest absolute Gasteiger partial charge is 0.339 e. The number of rotatable bonds is 7. The summed E-state index contributed by atoms with van der Waals surface area (Å²) in [6, 6.07) is 7.01. The molecule has 2 rings (SSSR count). The topological polar surface area (TPSA) is 69.7 Å². The second-order valence-corrected chi connectivity index (χ2v) is 8.74. The Labute approximate surface area is 151 Å². The summed E-state index contributed by atoms with van der Waals surface area (Å²) in [6.45, 7) is 8.94. The van der Waals surface area contributed by atoms with Gasteiger partial charge in [-0.25, -0.2) is 8.42 Å². The maximum atomic E-state index is 12.9. The van der Waals surface area contributed by atoms with Crippen LogP contribution in [-0.4, -0.2) is 62.8 Å². The number of hydrogen-bond acceptors (Lipinski definition) is 4. The molecule has 1 N–H and O–H groups in total. The summed E-state index contributed by atoms with van der Waals surface area (Å²) in [6.07, 6.45) is 0.916. The minimum absolute atomic E-state index is 0.105. The molecule has 1 amide bonds. The molecule has 140 valence electrons. The van der Waals surface area contributed by atoms with Gasteiger partial charge >= 0.3 is 0 Å². The molecule has 6 nitrogen and oxygen atoms in total. The standard InChI is InChI=1S/C18H29N3O3S/c1-4-21(14-18(22)20-11-9-19-10-12-20)25(23,24)17-7-5-16(6-8-17)13-15(2)3/h5-8,15,19H,4,9-14H2,1-3H3. The Kier molecular flexibility index (Phi) is 6.98. The molecule has 0 radical (unpaired) electrons. The number of amides is 1. The van der Waals surface area contributed by atoms with Gasteiger partial charge in [-0.1, -0.05) is 32.9 Å². The number of sulfonamides is 1. The zero-order valence-electron chi connectivity index (χ0n) is 15.4. The quantitative estimate of drug-likeness (QED) is 0.789. The van der Waals surface area contributed by atoms with Crippen molar-refractivity contribution < 1.29 is 13.2 Å². The Morgan fingerprint density at radius 3 is 2.32 bits per heavy atom. The third-order valence-corrected chi connectivity index (χ3v) is 6.27. The van der Waals surface area contributed by atoms with Crippen LogP contribution in [0.15, 0.2) is 29.2 Å². The van der Waals surface area contributed by atoms with E-state index in [0.29, 0.717) is 19.0 Å². The summed E-state index contributed by atoms with van der Waals surface area (Å²) in [5.74, 6) is 0.384. The number of nitrogens with zero attached hydrogens (tertiary/aromatic N) is 2. The van der Waals surface area contributed by atoms with Crippen molar-refractivity contribution in [2.45, 2.75) is 32.1 Å². The number of likely N-dealkylation sites (N-methyl/N-ethyl adjacent to an activating group) is 1. The van der Waals surface area contributed by atoms with Crippen molar-refractivity contribution >= 4 is 15.9 Å². The van der Waals surface area contributed by atoms with E-state index in [1.165, 1.54) is 4.31 Å². The monoisotopic (exact) mass is 367 g/mol. The first-order chi connectivity index (χ1) is 11.8. The van der Waals surface area contributed by atoms with Crippen molar-refractivity contribution in [1.82, 2.24) is 14.5 Å². The summed E-state index contributed by atoms with van der Waals surface area (Å²) in [5, 5.41) is 3.19. The lowest BCUT2D eigenvalue weighted by molar-refractivity contribution is -0.131. The number of hydrogen-bond donors (Lipinski definition) is 1. The van der Waals surface area contributed by atoms with Crippen LogP contribution in [0.4, 0.5) is 0 Å². The van der Waals surface area contributed by atoms with Gasteiger partial charge in [0, 0.05) is 32.7 Å². The summed E-state index contributed by atoms with van der Waals surface area (Å²) >= 11 is 0. The molecule has 0 atom stereocenters. The number of nitrogens with one attached hydrogen (secondary N) is 1. The third kappa shape index (κ3) is 5.26. The van der Waals surface area contributed by atoms with Crippen LogP contribution in [0.5, 0.6) is 0 Å². The van der Waals surface area contributed by atoms with Gasteiger partial charge in [-0.2, -0.15) is 4.31 Å². The number of piperazine rings is 1. The molecule has 1 fully saturated rings. The summed E-state index contributed by atoms with van der Waals surface area (Å²) in [7, 11) is -3.66. The fraction of sp³-hybridized carbons (Fsp3) is 0.611. The van der Waals surface area contributed by atoms with Gasteiger partial charge in [0.2, 0.25) is 15.9 Å². The smallest absolute Gasteiger partial charge is 0.243 e. The highest BCUT2D eigenvalue weighted by Crippen LogP contribution is 2.18. The Bertz CT molecular complexity index is 665. The van der Waals surface area contributed by atoms with Crippen molar-refractivity contribution in [3.05, 3.63) is 29.8 Å². The second kappa shape index (κ2) is 8.78. The minimum atomic E-state index is -3.66. The van der Waals surface area contributed by atoms with Gasteiger partial charge in [0.15, 0.2) is 0 Å². The second-order valence-electron chi connectivity index (χ2n) is 6.80. The lowest BCUT2D eigenvalue weighted by atomic mass is 10.0. The van der Waals surface area contributed by atoms with Gasteiger partial charge in [-0.3, -0.25) is 4.79 Å². The minimum Gasteiger partial charge on any atom is -0.339 e. The molecule has 1 aliphatic heterocycles. The van der Waals surface area contributed by atoms with E-state index in [1.807, 2.05) is 12.1 Å². The lowest BCUT2D eigenvalue weighted by Gasteiger charge is -2.29. The molecular weight excluding hydrogens is 338 g/mol. The summed E-state index contributed by atoms with van der Waals surface area (Å²) < 4.78 is 27.0. The molecule has 0 aromatic heterocycles. The molecule has 1 aromatic carbocycles. The van der Waals surface area contributed by atoms with Crippen LogP contribution < -0.4 is 5.32 Å². The van der Waals surface area contributed by atoms with Crippen LogP contribution in [0.2, 0.25) is 0 Å². The zero-order chi connectivity index (χ0) is 18.4. The Morgan fingerprint density at radius 1 is 1.20 bits per heavy atom. The van der Waals surface area contributed by atoms with E-state index in [1.54, 1.807) is 24.0 Å². The summed E-state index contributed by atoms with van der Waals surface area (Å²) in [5.41, 5.74) is 1.12. The first-order valence-corrected chi connectivity index (χ1v) is 10.4. The van der Waals surface area contributed by atoms with Crippen molar-refractivity contribution in [1.29, 1.82) is 0 Å². The van der Waals surface area contributed by atoms with Crippen LogP contribution >= 0.6 is 0 Å². The van der Waals surface area contributed by atoms with Crippen molar-refractivity contribution in [2.24, 2.45) is 5.92 Å². The van der Waals surface area contributed by atoms with Crippen LogP contribution in [0.3, 0.4) is 0 Å². The van der Waals surface area contributed by atoms with Crippen LogP contribution in [0, 0.1) is 5.92 Å². The van der Waals surface area contributed by atoms with E-state index in [4.69, 9.17) is 0 Å². The molecule has 0 spiro atoms. The van der Waals surface area contributed by atoms with Gasteiger partial charge in [-0.15, -0.1) is 0 Å². The Morgan fingerprint density at radius 2 is 1.80 bits per heavy atom. The number of carbonyl (C=O) groups excluding carboxylic acids is 1. The average Bonchev–Trinajstić information content (AvgIpc) is 2.60. The zero-order valence-corrected chi connectivity index (χ0v) is 16.2. The van der Waals surface area contributed by atoms with Crippen molar-refractivity contribution in [3.8, 4) is 0 Å². The molecule has 1 saturated heterocycles. The fourth-order valence-corrected chi connectivity index (χ4v) is 4.35. The van der Waals surface area contributed by atoms with E-state index in [-0.39, 0.29) is 23.9 Å². The molecule has 1 heterocycles. The molecule has 1 aromatic rings. The molecule has 7 heteroatoms. The van der Waals surface area contributed by atoms with Crippen molar-refractivity contribution in [3.63, 3.8) is 0 Å². The van der Waals surface area contributed by atoms with Crippen LogP contribution in [0.25, 0.3) is 0 Å². The van der Waals surface area contributed by atoms with Crippen molar-refractivity contribution in [2.75, 3.05) is 39.3 Å². The van der Waals surface area contributed by atoms with E-state index in [2.05, 4.69) is 19.2 Å². The fourth-order valence-electron chi connectivity index (χ4n) is 2.95. The SMILES string of the molecule is CCN(CC(=O)N1CCNCC1)S(=O)(=O)c1ccc(CC(C)C)cc1. The predicted octanol–water partition coefficient (Wildman–Crippen LogP) is 1.33. The molecule has 25 heavy (non-hydrogen) atoms. The van der Waals surface area contributed by atoms with Crippen LogP contribution in [-0.2, 0) is 21.2 Å². The average molecular weight is 368 g/mol. The maximum absolute atomic E-state index is 12.9. The molecule has 1 aliphatic rings. The molecular formula is C18H29N3O3S. The number of benzene rings is 1. The predicted molar refractivity (Wildman–Crippen MR) is 98.9 cm³/mol. The molecule has 0 bridgehead atoms. The van der Waals surface area contributed by atoms with Gasteiger partial charge in [0.05, 0.1) is 11.4 Å².